The lowest BCUT2D eigenvalue weighted by Gasteiger charge is -2.51. The first-order valence-electron chi connectivity index (χ1n) is 24.6. The summed E-state index contributed by atoms with van der Waals surface area (Å²) in [6.07, 6.45) is -13.5. The Labute approximate surface area is 450 Å². The summed E-state index contributed by atoms with van der Waals surface area (Å²) in [5.41, 5.74) is 4.39. The minimum absolute atomic E-state index is 0.0337. The molecule has 0 bridgehead atoms. The summed E-state index contributed by atoms with van der Waals surface area (Å²) in [5, 5.41) is 1.85. The maximum Gasteiger partial charge on any atom is 0.414 e. The first-order chi connectivity index (χ1) is 36.4. The van der Waals surface area contributed by atoms with Crippen molar-refractivity contribution in [3.63, 3.8) is 0 Å². The molecule has 0 aromatic heterocycles. The van der Waals surface area contributed by atoms with Gasteiger partial charge in [0.05, 0.1) is 39.6 Å². The standard InChI is InChI=1S/C56H60Cl3NO15/c1-36(70-55(63)60-54(62)56(57,58)59)28-29-44(61)73-50-48(46-43(71-52(50)64-2)35-69-51(74-46)41-26-16-7-17-27-41)75-53-49(68-33-40-24-14-6-15-25-40)47(67-32-39-22-12-5-13-23-39)45(66-31-38-20-10-4-11-21-38)42(72-53)34-65-30-37-18-8-3-9-19-37/h3-27,36,42-43,45-53H,28-35H2,1-2H3,(H,60,62,63)/t36?,42-,43-,45-,46+,47+,48+,49-,50-,51+,52-,53+/m1/s1. The van der Waals surface area contributed by atoms with Crippen LogP contribution in [0.2, 0.25) is 0 Å². The highest BCUT2D eigenvalue weighted by atomic mass is 35.6. The minimum atomic E-state index is -2.40. The molecule has 19 heteroatoms. The fourth-order valence-electron chi connectivity index (χ4n) is 8.77. The number of nitrogens with one attached hydrogen (secondary N) is 1. The summed E-state index contributed by atoms with van der Waals surface area (Å²) in [7, 11) is 1.42. The normalized spacial score (nSPS) is 26.1. The third-order valence-electron chi connectivity index (χ3n) is 12.5. The van der Waals surface area contributed by atoms with E-state index in [1.165, 1.54) is 14.0 Å². The number of esters is 1. The van der Waals surface area contributed by atoms with Crippen molar-refractivity contribution in [2.45, 2.75) is 124 Å². The van der Waals surface area contributed by atoms with Gasteiger partial charge in [-0.1, -0.05) is 186 Å². The molecule has 0 spiro atoms. The van der Waals surface area contributed by atoms with Gasteiger partial charge in [0.15, 0.2) is 25.0 Å². The van der Waals surface area contributed by atoms with E-state index in [0.717, 1.165) is 27.8 Å². The number of imide groups is 1. The van der Waals surface area contributed by atoms with Crippen LogP contribution >= 0.6 is 34.8 Å². The lowest BCUT2D eigenvalue weighted by Crippen LogP contribution is -2.67. The van der Waals surface area contributed by atoms with Gasteiger partial charge in [0, 0.05) is 19.1 Å². The van der Waals surface area contributed by atoms with E-state index in [0.29, 0.717) is 0 Å². The molecule has 0 saturated carbocycles. The van der Waals surface area contributed by atoms with E-state index < -0.39 is 95.6 Å². The predicted molar refractivity (Wildman–Crippen MR) is 274 cm³/mol. The molecule has 3 aliphatic rings. The van der Waals surface area contributed by atoms with Gasteiger partial charge in [0.25, 0.3) is 9.70 Å². The first kappa shape index (κ1) is 56.2. The number of carbonyl (C=O) groups is 3. The van der Waals surface area contributed by atoms with Crippen LogP contribution in [-0.4, -0.2) is 110 Å². The highest BCUT2D eigenvalue weighted by molar-refractivity contribution is 6.76. The van der Waals surface area contributed by atoms with Gasteiger partial charge >= 0.3 is 12.1 Å². The molecule has 3 saturated heterocycles. The fraction of sp³-hybridized carbons (Fsp3) is 0.411. The third-order valence-corrected chi connectivity index (χ3v) is 13.0. The summed E-state index contributed by atoms with van der Waals surface area (Å²) in [5.74, 6) is -1.93. The summed E-state index contributed by atoms with van der Waals surface area (Å²) < 4.78 is 76.1. The maximum absolute atomic E-state index is 14.0. The van der Waals surface area contributed by atoms with Crippen molar-refractivity contribution in [2.75, 3.05) is 20.3 Å². The number of carbonyl (C=O) groups excluding carboxylic acids is 3. The van der Waals surface area contributed by atoms with Gasteiger partial charge in [0.2, 0.25) is 0 Å². The molecule has 75 heavy (non-hydrogen) atoms. The smallest absolute Gasteiger partial charge is 0.414 e. The van der Waals surface area contributed by atoms with Crippen molar-refractivity contribution >= 4 is 52.8 Å². The zero-order valence-corrected chi connectivity index (χ0v) is 43.5. The molecule has 1 N–H and O–H groups in total. The highest BCUT2D eigenvalue weighted by Gasteiger charge is 2.57. The van der Waals surface area contributed by atoms with Crippen molar-refractivity contribution < 1.29 is 71.2 Å². The van der Waals surface area contributed by atoms with Crippen molar-refractivity contribution in [2.24, 2.45) is 0 Å². The van der Waals surface area contributed by atoms with Gasteiger partial charge in [-0.3, -0.25) is 14.9 Å². The van der Waals surface area contributed by atoms with Gasteiger partial charge in [-0.05, 0) is 35.6 Å². The summed E-state index contributed by atoms with van der Waals surface area (Å²) in [4.78, 5) is 38.5. The number of benzene rings is 5. The summed E-state index contributed by atoms with van der Waals surface area (Å²) in [6.45, 7) is 2.39. The zero-order valence-electron chi connectivity index (χ0n) is 41.3. The van der Waals surface area contributed by atoms with Crippen LogP contribution in [0.25, 0.3) is 0 Å². The molecule has 0 aliphatic carbocycles. The molecule has 400 valence electrons. The Morgan fingerprint density at radius 1 is 0.627 bits per heavy atom. The number of methoxy groups -OCH3 is 1. The molecule has 12 atom stereocenters. The fourth-order valence-corrected chi connectivity index (χ4v) is 8.92. The average Bonchev–Trinajstić information content (AvgIpc) is 3.43. The molecule has 3 heterocycles. The second kappa shape index (κ2) is 27.9. The Kier molecular flexibility index (Phi) is 20.9. The Hall–Kier alpha value is -5.02. The maximum atomic E-state index is 14.0. The van der Waals surface area contributed by atoms with Crippen LogP contribution in [0.15, 0.2) is 152 Å². The number of alkyl carbamates (subject to hydrolysis) is 1. The Morgan fingerprint density at radius 3 is 1.69 bits per heavy atom. The predicted octanol–water partition coefficient (Wildman–Crippen LogP) is 9.26. The van der Waals surface area contributed by atoms with Gasteiger partial charge in [-0.2, -0.15) is 0 Å². The lowest BCUT2D eigenvalue weighted by atomic mass is 9.95. The molecule has 0 radical (unpaired) electrons. The van der Waals surface area contributed by atoms with Crippen LogP contribution in [0, 0.1) is 0 Å². The summed E-state index contributed by atoms with van der Waals surface area (Å²) in [6, 6.07) is 48.4. The van der Waals surface area contributed by atoms with Crippen molar-refractivity contribution in [1.29, 1.82) is 0 Å². The molecule has 5 aromatic rings. The molecule has 3 fully saturated rings. The van der Waals surface area contributed by atoms with Crippen molar-refractivity contribution in [3.8, 4) is 0 Å². The van der Waals surface area contributed by atoms with Crippen LogP contribution in [0.4, 0.5) is 4.79 Å². The number of hydrogen-bond donors (Lipinski definition) is 1. The molecular formula is C56H60Cl3NO15. The Morgan fingerprint density at radius 2 is 1.15 bits per heavy atom. The number of hydrogen-bond acceptors (Lipinski definition) is 15. The minimum Gasteiger partial charge on any atom is -0.454 e. The van der Waals surface area contributed by atoms with Crippen molar-refractivity contribution in [1.82, 2.24) is 5.32 Å². The quantitative estimate of drug-likeness (QED) is 0.0513. The van der Waals surface area contributed by atoms with E-state index in [1.54, 1.807) is 0 Å². The van der Waals surface area contributed by atoms with E-state index in [4.69, 9.17) is 91.6 Å². The van der Waals surface area contributed by atoms with Crippen LogP contribution in [0.1, 0.15) is 53.9 Å². The second-order valence-electron chi connectivity index (χ2n) is 18.0. The van der Waals surface area contributed by atoms with Crippen LogP contribution in [-0.2, 0) is 92.9 Å². The number of halogens is 3. The highest BCUT2D eigenvalue weighted by Crippen LogP contribution is 2.40. The van der Waals surface area contributed by atoms with E-state index in [2.05, 4.69) is 0 Å². The van der Waals surface area contributed by atoms with E-state index in [-0.39, 0.29) is 52.5 Å². The van der Waals surface area contributed by atoms with Crippen LogP contribution in [0.3, 0.4) is 0 Å². The number of amides is 2. The molecule has 3 aliphatic heterocycles. The number of fused-ring (bicyclic) bond motifs is 1. The molecule has 5 aromatic carbocycles. The first-order valence-corrected chi connectivity index (χ1v) is 25.7. The number of ether oxygens (including phenoxy) is 12. The topological polar surface area (TPSA) is 174 Å². The SMILES string of the molecule is CO[C@@H]1O[C@@H]2CO[C@H](c3ccccc3)O[C@@H]2[C@H](O[C@@H]2O[C@H](COCc3ccccc3)[C@@H](OCc3ccccc3)[C@H](OCc3ccccc3)[C@H]2OCc2ccccc2)[C@H]1OC(=O)CCC(C)OC(=O)NC(=O)C(Cl)(Cl)Cl. The van der Waals surface area contributed by atoms with E-state index >= 15 is 0 Å². The van der Waals surface area contributed by atoms with Crippen LogP contribution < -0.4 is 5.32 Å². The van der Waals surface area contributed by atoms with E-state index in [1.807, 2.05) is 157 Å². The molecule has 8 rings (SSSR count). The van der Waals surface area contributed by atoms with Gasteiger partial charge in [-0.15, -0.1) is 0 Å². The second-order valence-corrected chi connectivity index (χ2v) is 20.3. The number of rotatable bonds is 22. The summed E-state index contributed by atoms with van der Waals surface area (Å²) >= 11 is 16.8. The molecule has 2 amide bonds. The lowest BCUT2D eigenvalue weighted by molar-refractivity contribution is -0.396. The van der Waals surface area contributed by atoms with Crippen LogP contribution in [0.5, 0.6) is 0 Å². The van der Waals surface area contributed by atoms with E-state index in [9.17, 15) is 14.4 Å². The zero-order chi connectivity index (χ0) is 52.6. The third kappa shape index (κ3) is 16.3. The Bertz CT molecular complexity index is 2520. The monoisotopic (exact) mass is 1090 g/mol. The average molecular weight is 1090 g/mol. The molecule has 16 nitrogen and oxygen atoms in total. The number of alkyl halides is 3. The Balaban J connectivity index is 1.14. The molecular weight excluding hydrogens is 1030 g/mol. The largest absolute Gasteiger partial charge is 0.454 e. The van der Waals surface area contributed by atoms with Gasteiger partial charge in [0.1, 0.15) is 48.8 Å². The molecule has 1 unspecified atom stereocenters. The van der Waals surface area contributed by atoms with Gasteiger partial charge in [-0.25, -0.2) is 4.79 Å². The van der Waals surface area contributed by atoms with Crippen molar-refractivity contribution in [3.05, 3.63) is 179 Å². The van der Waals surface area contributed by atoms with Gasteiger partial charge < -0.3 is 56.8 Å².